The first-order valence-corrected chi connectivity index (χ1v) is 8.03. The molecule has 1 aromatic rings. The van der Waals surface area contributed by atoms with Crippen LogP contribution in [-0.2, 0) is 10.0 Å². The molecule has 1 aromatic carbocycles. The molecular formula is C13H20N2O2S2. The van der Waals surface area contributed by atoms with Crippen molar-refractivity contribution in [3.05, 3.63) is 29.3 Å². The normalized spacial score (nSPS) is 11.8. The van der Waals surface area contributed by atoms with Crippen LogP contribution in [0.2, 0.25) is 0 Å². The van der Waals surface area contributed by atoms with E-state index in [2.05, 4.69) is 4.72 Å². The average molecular weight is 300 g/mol. The number of thiocarbonyl (C=S) groups is 1. The molecular weight excluding hydrogens is 280 g/mol. The first-order chi connectivity index (χ1) is 8.74. The van der Waals surface area contributed by atoms with E-state index >= 15 is 0 Å². The van der Waals surface area contributed by atoms with Gasteiger partial charge in [0.2, 0.25) is 10.0 Å². The second-order valence-electron chi connectivity index (χ2n) is 4.92. The Morgan fingerprint density at radius 1 is 1.42 bits per heavy atom. The van der Waals surface area contributed by atoms with Crippen molar-refractivity contribution in [2.75, 3.05) is 6.54 Å². The SMILES string of the molecule is Cc1ccc(C(N)=S)cc1S(=O)(=O)NCCC(C)C. The van der Waals surface area contributed by atoms with E-state index in [0.717, 1.165) is 6.42 Å². The monoisotopic (exact) mass is 300 g/mol. The average Bonchev–Trinajstić information content (AvgIpc) is 2.28. The third-order valence-electron chi connectivity index (χ3n) is 2.78. The van der Waals surface area contributed by atoms with Crippen molar-refractivity contribution in [3.8, 4) is 0 Å². The first-order valence-electron chi connectivity index (χ1n) is 6.14. The van der Waals surface area contributed by atoms with Crippen LogP contribution in [0.4, 0.5) is 0 Å². The van der Waals surface area contributed by atoms with Crippen LogP contribution in [-0.4, -0.2) is 20.0 Å². The van der Waals surface area contributed by atoms with Gasteiger partial charge in [0, 0.05) is 12.1 Å². The molecule has 0 saturated heterocycles. The first kappa shape index (κ1) is 16.1. The fraction of sp³-hybridized carbons (Fsp3) is 0.462. The zero-order chi connectivity index (χ0) is 14.6. The van der Waals surface area contributed by atoms with E-state index in [1.165, 1.54) is 6.07 Å². The molecule has 0 heterocycles. The van der Waals surface area contributed by atoms with E-state index in [1.807, 2.05) is 13.8 Å². The molecule has 0 aliphatic carbocycles. The molecule has 0 fully saturated rings. The van der Waals surface area contributed by atoms with Crippen molar-refractivity contribution >= 4 is 27.2 Å². The fourth-order valence-electron chi connectivity index (χ4n) is 1.60. The third-order valence-corrected chi connectivity index (χ3v) is 4.61. The molecule has 0 aliphatic rings. The van der Waals surface area contributed by atoms with Gasteiger partial charge in [-0.2, -0.15) is 0 Å². The maximum absolute atomic E-state index is 12.2. The predicted octanol–water partition coefficient (Wildman–Crippen LogP) is 1.95. The summed E-state index contributed by atoms with van der Waals surface area (Å²) in [5.74, 6) is 0.451. The number of rotatable bonds is 6. The van der Waals surface area contributed by atoms with E-state index in [4.69, 9.17) is 18.0 Å². The number of nitrogens with one attached hydrogen (secondary N) is 1. The Morgan fingerprint density at radius 3 is 2.58 bits per heavy atom. The largest absolute Gasteiger partial charge is 0.389 e. The molecule has 19 heavy (non-hydrogen) atoms. The molecule has 1 rings (SSSR count). The van der Waals surface area contributed by atoms with Gasteiger partial charge >= 0.3 is 0 Å². The maximum Gasteiger partial charge on any atom is 0.240 e. The Morgan fingerprint density at radius 2 is 2.05 bits per heavy atom. The van der Waals surface area contributed by atoms with Crippen LogP contribution in [0.25, 0.3) is 0 Å². The van der Waals surface area contributed by atoms with E-state index < -0.39 is 10.0 Å². The van der Waals surface area contributed by atoms with Crippen LogP contribution in [0.5, 0.6) is 0 Å². The van der Waals surface area contributed by atoms with Crippen LogP contribution in [0, 0.1) is 12.8 Å². The van der Waals surface area contributed by atoms with Crippen LogP contribution in [0.3, 0.4) is 0 Å². The lowest BCUT2D eigenvalue weighted by Crippen LogP contribution is -2.26. The van der Waals surface area contributed by atoms with Gasteiger partial charge in [-0.05, 0) is 30.9 Å². The van der Waals surface area contributed by atoms with E-state index in [0.29, 0.717) is 23.6 Å². The van der Waals surface area contributed by atoms with Crippen LogP contribution < -0.4 is 10.5 Å². The summed E-state index contributed by atoms with van der Waals surface area (Å²) >= 11 is 4.87. The second kappa shape index (κ2) is 6.45. The highest BCUT2D eigenvalue weighted by Crippen LogP contribution is 2.17. The number of benzene rings is 1. The Kier molecular flexibility index (Phi) is 5.46. The Hall–Kier alpha value is -0.980. The fourth-order valence-corrected chi connectivity index (χ4v) is 3.05. The molecule has 6 heteroatoms. The minimum absolute atomic E-state index is 0.193. The smallest absolute Gasteiger partial charge is 0.240 e. The lowest BCUT2D eigenvalue weighted by atomic mass is 10.1. The van der Waals surface area contributed by atoms with E-state index in [9.17, 15) is 8.42 Å². The molecule has 4 nitrogen and oxygen atoms in total. The molecule has 0 saturated carbocycles. The van der Waals surface area contributed by atoms with Crippen molar-refractivity contribution in [1.29, 1.82) is 0 Å². The predicted molar refractivity (Wildman–Crippen MR) is 81.7 cm³/mol. The van der Waals surface area contributed by atoms with Crippen LogP contribution in [0.1, 0.15) is 31.4 Å². The number of sulfonamides is 1. The highest BCUT2D eigenvalue weighted by Gasteiger charge is 2.17. The molecule has 0 aliphatic heterocycles. The van der Waals surface area contributed by atoms with Crippen molar-refractivity contribution in [1.82, 2.24) is 4.72 Å². The van der Waals surface area contributed by atoms with Crippen molar-refractivity contribution in [2.24, 2.45) is 11.7 Å². The molecule has 0 aromatic heterocycles. The van der Waals surface area contributed by atoms with E-state index in [1.54, 1.807) is 19.1 Å². The molecule has 0 amide bonds. The van der Waals surface area contributed by atoms with Crippen molar-refractivity contribution in [3.63, 3.8) is 0 Å². The van der Waals surface area contributed by atoms with Gasteiger partial charge in [0.05, 0.1) is 4.90 Å². The summed E-state index contributed by atoms with van der Waals surface area (Å²) < 4.78 is 27.0. The van der Waals surface area contributed by atoms with Crippen molar-refractivity contribution in [2.45, 2.75) is 32.1 Å². The van der Waals surface area contributed by atoms with Gasteiger partial charge in [-0.15, -0.1) is 0 Å². The third kappa shape index (κ3) is 4.56. The lowest BCUT2D eigenvalue weighted by molar-refractivity contribution is 0.551. The lowest BCUT2D eigenvalue weighted by Gasteiger charge is -2.11. The zero-order valence-electron chi connectivity index (χ0n) is 11.4. The van der Waals surface area contributed by atoms with Gasteiger partial charge in [-0.3, -0.25) is 0 Å². The summed E-state index contributed by atoms with van der Waals surface area (Å²) in [5, 5.41) is 0. The van der Waals surface area contributed by atoms with Gasteiger partial charge in [-0.1, -0.05) is 38.2 Å². The standard InChI is InChI=1S/C13H20N2O2S2/c1-9(2)6-7-15-19(16,17)12-8-11(13(14)18)5-4-10(12)3/h4-5,8-9,15H,6-7H2,1-3H3,(H2,14,18). The topological polar surface area (TPSA) is 72.2 Å². The summed E-state index contributed by atoms with van der Waals surface area (Å²) in [6.07, 6.45) is 0.799. The molecule has 3 N–H and O–H groups in total. The van der Waals surface area contributed by atoms with Crippen LogP contribution >= 0.6 is 12.2 Å². The molecule has 106 valence electrons. The summed E-state index contributed by atoms with van der Waals surface area (Å²) in [6.45, 7) is 6.27. The zero-order valence-corrected chi connectivity index (χ0v) is 13.1. The molecule has 0 spiro atoms. The Labute approximate surface area is 120 Å². The van der Waals surface area contributed by atoms with Gasteiger partial charge in [0.25, 0.3) is 0 Å². The quantitative estimate of drug-likeness (QED) is 0.788. The highest BCUT2D eigenvalue weighted by molar-refractivity contribution is 7.89. The Bertz CT molecular complexity index is 566. The number of aryl methyl sites for hydroxylation is 1. The Balaban J connectivity index is 3.00. The minimum Gasteiger partial charge on any atom is -0.389 e. The summed E-state index contributed by atoms with van der Waals surface area (Å²) in [6, 6.07) is 4.96. The van der Waals surface area contributed by atoms with Crippen LogP contribution in [0.15, 0.2) is 23.1 Å². The van der Waals surface area contributed by atoms with Gasteiger partial charge in [0.1, 0.15) is 4.99 Å². The maximum atomic E-state index is 12.2. The number of nitrogens with two attached hydrogens (primary N) is 1. The molecule has 0 atom stereocenters. The summed E-state index contributed by atoms with van der Waals surface area (Å²) in [4.78, 5) is 0.431. The van der Waals surface area contributed by atoms with E-state index in [-0.39, 0.29) is 9.88 Å². The molecule has 0 unspecified atom stereocenters. The summed E-state index contributed by atoms with van der Waals surface area (Å²) in [7, 11) is -3.51. The van der Waals surface area contributed by atoms with Crippen molar-refractivity contribution < 1.29 is 8.42 Å². The highest BCUT2D eigenvalue weighted by atomic mass is 32.2. The van der Waals surface area contributed by atoms with Gasteiger partial charge < -0.3 is 5.73 Å². The molecule has 0 radical (unpaired) electrons. The second-order valence-corrected chi connectivity index (χ2v) is 7.10. The number of hydrogen-bond acceptors (Lipinski definition) is 3. The minimum atomic E-state index is -3.51. The van der Waals surface area contributed by atoms with Gasteiger partial charge in [0.15, 0.2) is 0 Å². The summed E-state index contributed by atoms with van der Waals surface area (Å²) in [5.41, 5.74) is 6.77. The van der Waals surface area contributed by atoms with Gasteiger partial charge in [-0.25, -0.2) is 13.1 Å². The molecule has 0 bridgehead atoms. The number of hydrogen-bond donors (Lipinski definition) is 2.